The number of quaternary nitrogens is 1. The summed E-state index contributed by atoms with van der Waals surface area (Å²) < 4.78 is 5.17. The molecule has 0 spiro atoms. The van der Waals surface area contributed by atoms with E-state index < -0.39 is 23.3 Å². The number of hydrogen-bond donors (Lipinski definition) is 2. The second-order valence-electron chi connectivity index (χ2n) is 6.53. The Kier molecular flexibility index (Phi) is 3.83. The second kappa shape index (κ2) is 5.59. The van der Waals surface area contributed by atoms with Crippen LogP contribution in [0.2, 0.25) is 0 Å². The van der Waals surface area contributed by atoms with Gasteiger partial charge in [-0.05, 0) is 31.2 Å². The van der Waals surface area contributed by atoms with E-state index in [4.69, 9.17) is 4.74 Å². The summed E-state index contributed by atoms with van der Waals surface area (Å²) in [5.41, 5.74) is -0.368. The van der Waals surface area contributed by atoms with Crippen LogP contribution in [0.5, 0.6) is 5.75 Å². The molecule has 2 heterocycles. The molecule has 7 nitrogen and oxygen atoms in total. The van der Waals surface area contributed by atoms with Crippen LogP contribution in [0.15, 0.2) is 24.3 Å². The van der Waals surface area contributed by atoms with Crippen molar-refractivity contribution in [2.45, 2.75) is 25.4 Å². The van der Waals surface area contributed by atoms with Crippen molar-refractivity contribution in [1.29, 1.82) is 0 Å². The molecule has 0 aromatic heterocycles. The van der Waals surface area contributed by atoms with Gasteiger partial charge in [-0.1, -0.05) is 0 Å². The van der Waals surface area contributed by atoms with E-state index in [-0.39, 0.29) is 30.2 Å². The molecular formula is C17H21N2O5+. The van der Waals surface area contributed by atoms with Gasteiger partial charge in [0.1, 0.15) is 23.6 Å². The summed E-state index contributed by atoms with van der Waals surface area (Å²) in [5.74, 6) is -2.38. The number of amides is 2. The third kappa shape index (κ3) is 2.19. The first-order valence-electron chi connectivity index (χ1n) is 7.95. The van der Waals surface area contributed by atoms with Crippen molar-refractivity contribution < 1.29 is 29.5 Å². The fourth-order valence-corrected chi connectivity index (χ4v) is 3.89. The molecule has 0 radical (unpaired) electrons. The van der Waals surface area contributed by atoms with Crippen LogP contribution in [0.1, 0.15) is 25.5 Å². The van der Waals surface area contributed by atoms with Crippen LogP contribution in [-0.2, 0) is 19.1 Å². The van der Waals surface area contributed by atoms with E-state index in [2.05, 4.69) is 0 Å². The number of carbonyl (C=O) groups excluding carboxylic acids is 3. The molecule has 3 N–H and O–H groups in total. The van der Waals surface area contributed by atoms with Gasteiger partial charge < -0.3 is 15.2 Å². The fraction of sp³-hybridized carbons (Fsp3) is 0.471. The summed E-state index contributed by atoms with van der Waals surface area (Å²) in [4.78, 5) is 38.8. The van der Waals surface area contributed by atoms with E-state index in [1.54, 1.807) is 31.3 Å². The number of benzene rings is 1. The maximum Gasteiger partial charge on any atom is 0.368 e. The van der Waals surface area contributed by atoms with Gasteiger partial charge in [0.05, 0.1) is 6.61 Å². The number of carbonyl (C=O) groups is 3. The second-order valence-corrected chi connectivity index (χ2v) is 6.53. The minimum Gasteiger partial charge on any atom is -0.508 e. The van der Waals surface area contributed by atoms with Crippen molar-refractivity contribution in [3.05, 3.63) is 29.8 Å². The normalized spacial score (nSPS) is 32.1. The highest BCUT2D eigenvalue weighted by atomic mass is 16.5. The Labute approximate surface area is 139 Å². The molecule has 24 heavy (non-hydrogen) atoms. The van der Waals surface area contributed by atoms with Crippen LogP contribution in [0.3, 0.4) is 0 Å². The number of likely N-dealkylation sites (tertiary alicyclic amines) is 1. The molecule has 1 aromatic rings. The molecule has 3 rings (SSSR count). The van der Waals surface area contributed by atoms with Crippen LogP contribution in [0, 0.1) is 11.8 Å². The lowest BCUT2D eigenvalue weighted by Gasteiger charge is -2.25. The number of rotatable bonds is 3. The lowest BCUT2D eigenvalue weighted by molar-refractivity contribution is -0.731. The first-order valence-corrected chi connectivity index (χ1v) is 7.95. The maximum absolute atomic E-state index is 12.6. The van der Waals surface area contributed by atoms with Gasteiger partial charge in [0, 0.05) is 19.5 Å². The van der Waals surface area contributed by atoms with Crippen LogP contribution < -0.4 is 5.32 Å². The van der Waals surface area contributed by atoms with Gasteiger partial charge in [-0.3, -0.25) is 14.5 Å². The van der Waals surface area contributed by atoms with E-state index in [1.807, 2.05) is 0 Å². The highest BCUT2D eigenvalue weighted by Gasteiger charge is 2.70. The van der Waals surface area contributed by atoms with Crippen molar-refractivity contribution >= 4 is 17.8 Å². The molecule has 128 valence electrons. The number of aromatic hydroxyl groups is 1. The highest BCUT2D eigenvalue weighted by molar-refractivity contribution is 6.08. The SMILES string of the molecule is CCOC(=O)[C@@]1(C)[NH2+][C@@H](c2ccc(O)cc2)[C@H]2C(=O)N(C)C(=O)[C@@H]21. The molecule has 2 saturated heterocycles. The van der Waals surface area contributed by atoms with Crippen LogP contribution in [-0.4, -0.2) is 47.0 Å². The number of ether oxygens (including phenoxy) is 1. The fourth-order valence-electron chi connectivity index (χ4n) is 3.89. The third-order valence-electron chi connectivity index (χ3n) is 5.12. The van der Waals surface area contributed by atoms with Crippen LogP contribution >= 0.6 is 0 Å². The summed E-state index contributed by atoms with van der Waals surface area (Å²) in [7, 11) is 1.45. The van der Waals surface area contributed by atoms with E-state index >= 15 is 0 Å². The molecule has 7 heteroatoms. The van der Waals surface area contributed by atoms with Crippen molar-refractivity contribution in [1.82, 2.24) is 4.90 Å². The molecule has 2 aliphatic heterocycles. The summed E-state index contributed by atoms with van der Waals surface area (Å²) in [5, 5.41) is 11.2. The molecule has 0 unspecified atom stereocenters. The molecule has 2 amide bonds. The summed E-state index contributed by atoms with van der Waals surface area (Å²) in [6, 6.07) is 6.10. The number of hydrogen-bond acceptors (Lipinski definition) is 5. The molecule has 0 aliphatic carbocycles. The Morgan fingerprint density at radius 2 is 1.92 bits per heavy atom. The van der Waals surface area contributed by atoms with E-state index in [0.29, 0.717) is 0 Å². The standard InChI is InChI=1S/C17H20N2O5/c1-4-24-16(23)17(2)12-11(14(21)19(3)15(12)22)13(18-17)9-5-7-10(20)8-6-9/h5-8,11-13,18,20H,4H2,1-3H3/p+1/t11-,12+,13-,17-/m0/s1. The van der Waals surface area contributed by atoms with Crippen molar-refractivity contribution in [3.63, 3.8) is 0 Å². The molecule has 2 fully saturated rings. The Bertz CT molecular complexity index is 701. The van der Waals surface area contributed by atoms with Gasteiger partial charge in [-0.25, -0.2) is 4.79 Å². The van der Waals surface area contributed by atoms with Gasteiger partial charge in [-0.15, -0.1) is 0 Å². The summed E-state index contributed by atoms with van der Waals surface area (Å²) in [6.07, 6.45) is 0. The molecule has 1 aromatic carbocycles. The monoisotopic (exact) mass is 333 g/mol. The van der Waals surface area contributed by atoms with E-state index in [1.165, 1.54) is 19.2 Å². The van der Waals surface area contributed by atoms with Gasteiger partial charge >= 0.3 is 5.97 Å². The zero-order valence-corrected chi connectivity index (χ0v) is 13.9. The van der Waals surface area contributed by atoms with Crippen molar-refractivity contribution in [2.24, 2.45) is 11.8 Å². The van der Waals surface area contributed by atoms with Crippen molar-refractivity contribution in [2.75, 3.05) is 13.7 Å². The van der Waals surface area contributed by atoms with Crippen LogP contribution in [0.25, 0.3) is 0 Å². The summed E-state index contributed by atoms with van der Waals surface area (Å²) >= 11 is 0. The number of phenols is 1. The maximum atomic E-state index is 12.6. The third-order valence-corrected chi connectivity index (χ3v) is 5.12. The molecule has 0 bridgehead atoms. The zero-order chi connectivity index (χ0) is 17.6. The predicted octanol–water partition coefficient (Wildman–Crippen LogP) is -0.437. The lowest BCUT2D eigenvalue weighted by Crippen LogP contribution is -2.97. The first kappa shape index (κ1) is 16.4. The topological polar surface area (TPSA) is 101 Å². The summed E-state index contributed by atoms with van der Waals surface area (Å²) in [6.45, 7) is 3.58. The minimum absolute atomic E-state index is 0.118. The molecule has 0 saturated carbocycles. The van der Waals surface area contributed by atoms with E-state index in [9.17, 15) is 19.5 Å². The number of nitrogens with two attached hydrogens (primary N) is 1. The smallest absolute Gasteiger partial charge is 0.368 e. The van der Waals surface area contributed by atoms with Crippen LogP contribution in [0.4, 0.5) is 0 Å². The number of esters is 1. The zero-order valence-electron chi connectivity index (χ0n) is 13.9. The van der Waals surface area contributed by atoms with Gasteiger partial charge in [0.25, 0.3) is 0 Å². The molecule has 2 aliphatic rings. The molecule has 4 atom stereocenters. The minimum atomic E-state index is -1.15. The Morgan fingerprint density at radius 1 is 1.29 bits per heavy atom. The van der Waals surface area contributed by atoms with E-state index in [0.717, 1.165) is 10.5 Å². The average molecular weight is 333 g/mol. The molecular weight excluding hydrogens is 312 g/mol. The quantitative estimate of drug-likeness (QED) is 0.577. The van der Waals surface area contributed by atoms with Crippen molar-refractivity contribution in [3.8, 4) is 5.75 Å². The predicted molar refractivity (Wildman–Crippen MR) is 82.6 cm³/mol. The number of imide groups is 1. The van der Waals surface area contributed by atoms with Gasteiger partial charge in [0.2, 0.25) is 17.4 Å². The Hall–Kier alpha value is -2.41. The van der Waals surface area contributed by atoms with Gasteiger partial charge in [0.15, 0.2) is 0 Å². The Balaban J connectivity index is 2.06. The number of phenolic OH excluding ortho intramolecular Hbond substituents is 1. The highest BCUT2D eigenvalue weighted by Crippen LogP contribution is 2.44. The lowest BCUT2D eigenvalue weighted by atomic mass is 9.80. The van der Waals surface area contributed by atoms with Gasteiger partial charge in [-0.2, -0.15) is 0 Å². The Morgan fingerprint density at radius 3 is 2.50 bits per heavy atom. The first-order chi connectivity index (χ1) is 11.3. The number of nitrogens with zero attached hydrogens (tertiary/aromatic N) is 1. The average Bonchev–Trinajstić information content (AvgIpc) is 2.99. The number of fused-ring (bicyclic) bond motifs is 1. The largest absolute Gasteiger partial charge is 0.508 e.